The summed E-state index contributed by atoms with van der Waals surface area (Å²) in [5.74, 6) is 1.07. The van der Waals surface area contributed by atoms with Crippen LogP contribution in [0.3, 0.4) is 0 Å². The Balaban J connectivity index is 1.65. The summed E-state index contributed by atoms with van der Waals surface area (Å²) in [7, 11) is 2.92. The monoisotopic (exact) mass is 448 g/mol. The number of aliphatic hydroxyl groups excluding tert-OH is 6. The molecule has 0 aliphatic carbocycles. The SMILES string of the molecule is COc1ccc(O[C@H]2O[C@@H](CO[C@@H]3OC[C@@H](O)[C@@H](O)[C@H]3O)[C@@H](O)[C@@H](O)[C@H]2O)cc1OC. The van der Waals surface area contributed by atoms with E-state index in [0.29, 0.717) is 11.5 Å². The van der Waals surface area contributed by atoms with Crippen molar-refractivity contribution in [3.8, 4) is 17.2 Å². The highest BCUT2D eigenvalue weighted by molar-refractivity contribution is 5.45. The number of hydrogen-bond donors (Lipinski definition) is 6. The van der Waals surface area contributed by atoms with Gasteiger partial charge in [-0.05, 0) is 12.1 Å². The molecule has 0 aromatic heterocycles. The van der Waals surface area contributed by atoms with Crippen molar-refractivity contribution in [1.82, 2.24) is 0 Å². The van der Waals surface area contributed by atoms with Crippen molar-refractivity contribution in [2.75, 3.05) is 27.4 Å². The summed E-state index contributed by atoms with van der Waals surface area (Å²) in [6.45, 7) is -0.634. The Morgan fingerprint density at radius 1 is 0.839 bits per heavy atom. The van der Waals surface area contributed by atoms with E-state index in [-0.39, 0.29) is 19.0 Å². The summed E-state index contributed by atoms with van der Waals surface area (Å²) in [6, 6.07) is 4.62. The van der Waals surface area contributed by atoms with Crippen molar-refractivity contribution in [2.45, 2.75) is 55.3 Å². The third-order valence-electron chi connectivity index (χ3n) is 5.15. The van der Waals surface area contributed by atoms with Gasteiger partial charge in [0.2, 0.25) is 6.29 Å². The van der Waals surface area contributed by atoms with E-state index in [0.717, 1.165) is 0 Å². The van der Waals surface area contributed by atoms with Gasteiger partial charge in [0.1, 0.15) is 48.5 Å². The number of benzene rings is 1. The molecule has 0 unspecified atom stereocenters. The van der Waals surface area contributed by atoms with Gasteiger partial charge in [-0.25, -0.2) is 0 Å². The van der Waals surface area contributed by atoms with Gasteiger partial charge in [0.15, 0.2) is 17.8 Å². The van der Waals surface area contributed by atoms with Crippen LogP contribution in [-0.4, -0.2) is 113 Å². The quantitative estimate of drug-likeness (QED) is 0.256. The van der Waals surface area contributed by atoms with Crippen molar-refractivity contribution >= 4 is 0 Å². The van der Waals surface area contributed by atoms with Gasteiger partial charge in [-0.15, -0.1) is 0 Å². The van der Waals surface area contributed by atoms with E-state index in [1.807, 2.05) is 0 Å². The summed E-state index contributed by atoms with van der Waals surface area (Å²) >= 11 is 0. The van der Waals surface area contributed by atoms with Gasteiger partial charge in [0.25, 0.3) is 0 Å². The van der Waals surface area contributed by atoms with Crippen molar-refractivity contribution in [3.05, 3.63) is 18.2 Å². The molecule has 9 atom stereocenters. The molecule has 2 fully saturated rings. The van der Waals surface area contributed by atoms with Gasteiger partial charge in [-0.1, -0.05) is 0 Å². The van der Waals surface area contributed by atoms with E-state index >= 15 is 0 Å². The Kier molecular flexibility index (Phi) is 7.91. The van der Waals surface area contributed by atoms with E-state index in [1.54, 1.807) is 12.1 Å². The van der Waals surface area contributed by atoms with E-state index in [1.165, 1.54) is 20.3 Å². The van der Waals surface area contributed by atoms with E-state index in [2.05, 4.69) is 0 Å². The van der Waals surface area contributed by atoms with Gasteiger partial charge in [-0.2, -0.15) is 0 Å². The minimum Gasteiger partial charge on any atom is -0.493 e. The highest BCUT2D eigenvalue weighted by Crippen LogP contribution is 2.33. The first-order valence-corrected chi connectivity index (χ1v) is 9.62. The third-order valence-corrected chi connectivity index (χ3v) is 5.15. The first kappa shape index (κ1) is 23.9. The molecular formula is C19H28O12. The fourth-order valence-electron chi connectivity index (χ4n) is 3.29. The molecule has 0 amide bonds. The minimum atomic E-state index is -1.61. The molecular weight excluding hydrogens is 420 g/mol. The average molecular weight is 448 g/mol. The van der Waals surface area contributed by atoms with Crippen LogP contribution in [0.2, 0.25) is 0 Å². The molecule has 31 heavy (non-hydrogen) atoms. The maximum absolute atomic E-state index is 10.3. The molecule has 0 saturated carbocycles. The second-order valence-electron chi connectivity index (χ2n) is 7.23. The zero-order valence-corrected chi connectivity index (χ0v) is 17.0. The van der Waals surface area contributed by atoms with E-state index in [4.69, 9.17) is 28.4 Å². The fraction of sp³-hybridized carbons (Fsp3) is 0.684. The average Bonchev–Trinajstić information content (AvgIpc) is 2.78. The van der Waals surface area contributed by atoms with Crippen LogP contribution in [0.15, 0.2) is 18.2 Å². The van der Waals surface area contributed by atoms with Gasteiger partial charge in [0, 0.05) is 6.07 Å². The molecule has 2 aliphatic rings. The van der Waals surface area contributed by atoms with Crippen LogP contribution in [0.1, 0.15) is 0 Å². The van der Waals surface area contributed by atoms with Crippen LogP contribution in [0.25, 0.3) is 0 Å². The summed E-state index contributed by atoms with van der Waals surface area (Å²) in [4.78, 5) is 0. The van der Waals surface area contributed by atoms with Crippen molar-refractivity contribution in [3.63, 3.8) is 0 Å². The van der Waals surface area contributed by atoms with Gasteiger partial charge in [-0.3, -0.25) is 0 Å². The third kappa shape index (κ3) is 5.19. The molecule has 1 aromatic rings. The number of ether oxygens (including phenoxy) is 6. The smallest absolute Gasteiger partial charge is 0.229 e. The first-order chi connectivity index (χ1) is 14.8. The molecule has 0 radical (unpaired) electrons. The molecule has 12 nitrogen and oxygen atoms in total. The van der Waals surface area contributed by atoms with Crippen molar-refractivity contribution in [1.29, 1.82) is 0 Å². The number of rotatable bonds is 7. The molecule has 12 heteroatoms. The lowest BCUT2D eigenvalue weighted by Gasteiger charge is -2.41. The summed E-state index contributed by atoms with van der Waals surface area (Å²) in [6.07, 6.45) is -12.8. The van der Waals surface area contributed by atoms with Crippen molar-refractivity contribution < 1.29 is 59.1 Å². The molecule has 176 valence electrons. The Morgan fingerprint density at radius 3 is 2.19 bits per heavy atom. The maximum atomic E-state index is 10.3. The predicted octanol–water partition coefficient (Wildman–Crippen LogP) is -2.65. The second kappa shape index (κ2) is 10.3. The van der Waals surface area contributed by atoms with Crippen LogP contribution < -0.4 is 14.2 Å². The van der Waals surface area contributed by atoms with Crippen LogP contribution in [-0.2, 0) is 14.2 Å². The van der Waals surface area contributed by atoms with E-state index in [9.17, 15) is 30.6 Å². The molecule has 0 spiro atoms. The Morgan fingerprint density at radius 2 is 1.52 bits per heavy atom. The van der Waals surface area contributed by atoms with Gasteiger partial charge < -0.3 is 59.1 Å². The van der Waals surface area contributed by atoms with Gasteiger partial charge in [0.05, 0.1) is 27.4 Å². The van der Waals surface area contributed by atoms with Crippen LogP contribution in [0, 0.1) is 0 Å². The van der Waals surface area contributed by atoms with Crippen LogP contribution in [0.4, 0.5) is 0 Å². The predicted molar refractivity (Wildman–Crippen MR) is 101 cm³/mol. The Bertz CT molecular complexity index is 717. The van der Waals surface area contributed by atoms with Crippen LogP contribution >= 0.6 is 0 Å². The zero-order chi connectivity index (χ0) is 22.7. The highest BCUT2D eigenvalue weighted by Gasteiger charge is 2.46. The number of aliphatic hydroxyl groups is 6. The van der Waals surface area contributed by atoms with Crippen LogP contribution in [0.5, 0.6) is 17.2 Å². The summed E-state index contributed by atoms with van der Waals surface area (Å²) < 4.78 is 32.0. The topological polar surface area (TPSA) is 177 Å². The fourth-order valence-corrected chi connectivity index (χ4v) is 3.29. The molecule has 2 heterocycles. The Labute approximate surface area is 178 Å². The molecule has 1 aromatic carbocycles. The molecule has 3 rings (SSSR count). The maximum Gasteiger partial charge on any atom is 0.229 e. The standard InChI is InChI=1S/C19H28O12/c1-26-10-4-3-8(5-11(10)27-2)30-19-17(25)15(23)14(22)12(31-19)7-29-18-16(24)13(21)9(20)6-28-18/h3-5,9,12-25H,6-7H2,1-2H3/t9-,12+,13-,14-,15-,16-,17-,18+,19+/m1/s1. The number of methoxy groups -OCH3 is 2. The molecule has 0 bridgehead atoms. The largest absolute Gasteiger partial charge is 0.493 e. The van der Waals surface area contributed by atoms with Gasteiger partial charge >= 0.3 is 0 Å². The lowest BCUT2D eigenvalue weighted by molar-refractivity contribution is -0.307. The molecule has 6 N–H and O–H groups in total. The summed E-state index contributed by atoms with van der Waals surface area (Å²) in [5, 5.41) is 59.8. The molecule has 2 aliphatic heterocycles. The normalized spacial score (nSPS) is 38.5. The highest BCUT2D eigenvalue weighted by atomic mass is 16.7. The zero-order valence-electron chi connectivity index (χ0n) is 17.0. The summed E-state index contributed by atoms with van der Waals surface area (Å²) in [5.41, 5.74) is 0. The lowest BCUT2D eigenvalue weighted by Crippen LogP contribution is -2.61. The minimum absolute atomic E-state index is 0.244. The van der Waals surface area contributed by atoms with Crippen molar-refractivity contribution in [2.24, 2.45) is 0 Å². The lowest BCUT2D eigenvalue weighted by atomic mass is 9.99. The molecule has 2 saturated heterocycles. The Hall–Kier alpha value is -1.74. The second-order valence-corrected chi connectivity index (χ2v) is 7.23. The first-order valence-electron chi connectivity index (χ1n) is 9.62. The number of hydrogen-bond acceptors (Lipinski definition) is 12. The van der Waals surface area contributed by atoms with E-state index < -0.39 is 55.3 Å².